The van der Waals surface area contributed by atoms with Crippen LogP contribution in [0, 0.1) is 30.7 Å². The molecule has 3 aromatic rings. The Morgan fingerprint density at radius 3 is 2.81 bits per heavy atom. The number of nitrogen functional groups attached to an aromatic ring is 1. The molecule has 0 radical (unpaired) electrons. The lowest BCUT2D eigenvalue weighted by Crippen LogP contribution is -2.25. The molecule has 1 aliphatic rings. The van der Waals surface area contributed by atoms with Gasteiger partial charge in [0.2, 0.25) is 0 Å². The van der Waals surface area contributed by atoms with Crippen LogP contribution < -0.4 is 5.73 Å². The monoisotopic (exact) mass is 361 g/mol. The first-order valence-electron chi connectivity index (χ1n) is 8.35. The van der Waals surface area contributed by atoms with Crippen LogP contribution in [-0.2, 0) is 0 Å². The van der Waals surface area contributed by atoms with E-state index in [2.05, 4.69) is 26.7 Å². The SMILES string of the molecule is [C-]#[N+]c1cc2c(-c3cncc(N)c3Cl)cn(C3CC(C#N)C3)c2cc1C. The van der Waals surface area contributed by atoms with E-state index in [0.29, 0.717) is 16.4 Å². The second-order valence-corrected chi connectivity index (χ2v) is 7.14. The van der Waals surface area contributed by atoms with Crippen molar-refractivity contribution in [3.8, 4) is 17.2 Å². The fourth-order valence-corrected chi connectivity index (χ4v) is 3.79. The summed E-state index contributed by atoms with van der Waals surface area (Å²) in [4.78, 5) is 7.81. The zero-order chi connectivity index (χ0) is 18.4. The first-order chi connectivity index (χ1) is 12.5. The van der Waals surface area contributed by atoms with Gasteiger partial charge in [-0.25, -0.2) is 4.85 Å². The topological polar surface area (TPSA) is 72.0 Å². The highest BCUT2D eigenvalue weighted by atomic mass is 35.5. The van der Waals surface area contributed by atoms with Gasteiger partial charge in [-0.2, -0.15) is 5.26 Å². The lowest BCUT2D eigenvalue weighted by atomic mass is 9.81. The van der Waals surface area contributed by atoms with Gasteiger partial charge in [0, 0.05) is 35.1 Å². The number of halogens is 1. The minimum atomic E-state index is 0.113. The molecule has 0 bridgehead atoms. The minimum absolute atomic E-state index is 0.113. The van der Waals surface area contributed by atoms with Crippen LogP contribution in [0.5, 0.6) is 0 Å². The lowest BCUT2D eigenvalue weighted by Gasteiger charge is -2.32. The molecule has 0 atom stereocenters. The predicted octanol–water partition coefficient (Wildman–Crippen LogP) is 5.27. The summed E-state index contributed by atoms with van der Waals surface area (Å²) in [5, 5.41) is 10.5. The van der Waals surface area contributed by atoms with E-state index >= 15 is 0 Å². The Bertz CT molecular complexity index is 1110. The number of anilines is 1. The first-order valence-corrected chi connectivity index (χ1v) is 8.73. The molecule has 0 aliphatic heterocycles. The molecule has 6 heteroatoms. The Morgan fingerprint density at radius 1 is 1.35 bits per heavy atom. The van der Waals surface area contributed by atoms with Crippen LogP contribution in [-0.4, -0.2) is 9.55 Å². The van der Waals surface area contributed by atoms with E-state index in [1.54, 1.807) is 6.20 Å². The van der Waals surface area contributed by atoms with Crippen molar-refractivity contribution < 1.29 is 0 Å². The third-order valence-electron chi connectivity index (χ3n) is 5.16. The van der Waals surface area contributed by atoms with Crippen LogP contribution in [0.1, 0.15) is 24.4 Å². The maximum Gasteiger partial charge on any atom is 0.190 e. The molecular formula is C20H16ClN5. The summed E-state index contributed by atoms with van der Waals surface area (Å²) in [5.74, 6) is 0.113. The Hall–Kier alpha value is -3.02. The average Bonchev–Trinajstić information content (AvgIpc) is 2.94. The smallest absolute Gasteiger partial charge is 0.190 e. The van der Waals surface area contributed by atoms with Gasteiger partial charge in [0.1, 0.15) is 0 Å². The van der Waals surface area contributed by atoms with Crippen LogP contribution in [0.4, 0.5) is 11.4 Å². The molecule has 0 unspecified atom stereocenters. The van der Waals surface area contributed by atoms with Crippen LogP contribution in [0.15, 0.2) is 30.7 Å². The number of nitrogens with zero attached hydrogens (tertiary/aromatic N) is 4. The number of hydrogen-bond acceptors (Lipinski definition) is 3. The molecule has 0 amide bonds. The number of hydrogen-bond donors (Lipinski definition) is 1. The summed E-state index contributed by atoms with van der Waals surface area (Å²) in [6.45, 7) is 9.37. The number of nitrogens with two attached hydrogens (primary N) is 1. The second-order valence-electron chi connectivity index (χ2n) is 6.76. The van der Waals surface area contributed by atoms with Crippen LogP contribution >= 0.6 is 11.6 Å². The van der Waals surface area contributed by atoms with Gasteiger partial charge in [-0.3, -0.25) is 4.98 Å². The van der Waals surface area contributed by atoms with Crippen molar-refractivity contribution in [2.24, 2.45) is 5.92 Å². The van der Waals surface area contributed by atoms with E-state index in [1.165, 1.54) is 6.20 Å². The highest BCUT2D eigenvalue weighted by Crippen LogP contribution is 2.44. The molecule has 1 saturated carbocycles. The summed E-state index contributed by atoms with van der Waals surface area (Å²) in [5.41, 5.74) is 10.6. The van der Waals surface area contributed by atoms with Crippen molar-refractivity contribution in [3.05, 3.63) is 52.7 Å². The molecule has 2 heterocycles. The molecule has 2 aromatic heterocycles. The number of fused-ring (bicyclic) bond motifs is 1. The first kappa shape index (κ1) is 16.4. The van der Waals surface area contributed by atoms with E-state index in [0.717, 1.165) is 40.4 Å². The molecule has 1 aromatic carbocycles. The van der Waals surface area contributed by atoms with Gasteiger partial charge in [-0.15, -0.1) is 0 Å². The number of benzene rings is 1. The average molecular weight is 362 g/mol. The molecule has 0 spiro atoms. The molecular weight excluding hydrogens is 346 g/mol. The van der Waals surface area contributed by atoms with E-state index < -0.39 is 0 Å². The predicted molar refractivity (Wildman–Crippen MR) is 103 cm³/mol. The Kier molecular flexibility index (Phi) is 3.83. The van der Waals surface area contributed by atoms with Crippen LogP contribution in [0.25, 0.3) is 26.9 Å². The third-order valence-corrected chi connectivity index (χ3v) is 5.58. The van der Waals surface area contributed by atoms with Gasteiger partial charge in [0.15, 0.2) is 5.69 Å². The number of rotatable bonds is 2. The molecule has 5 nitrogen and oxygen atoms in total. The fraction of sp³-hybridized carbons (Fsp3) is 0.250. The standard InChI is InChI=1S/C20H16ClN5/c1-11-3-19-14(6-18(11)24-2)16(15-8-25-9-17(23)20(15)21)10-26(19)13-4-12(5-13)7-22/h3,6,8-10,12-13H,4-5,23H2,1H3. The van der Waals surface area contributed by atoms with Gasteiger partial charge >= 0.3 is 0 Å². The quantitative estimate of drug-likeness (QED) is 0.631. The minimum Gasteiger partial charge on any atom is -0.396 e. The van der Waals surface area contributed by atoms with E-state index in [9.17, 15) is 0 Å². The fourth-order valence-electron chi connectivity index (χ4n) is 3.60. The summed E-state index contributed by atoms with van der Waals surface area (Å²) in [6, 6.07) is 6.56. The van der Waals surface area contributed by atoms with E-state index in [1.807, 2.05) is 19.1 Å². The van der Waals surface area contributed by atoms with Gasteiger partial charge in [0.05, 0.1) is 35.5 Å². The molecule has 128 valence electrons. The highest BCUT2D eigenvalue weighted by Gasteiger charge is 2.32. The Labute approximate surface area is 156 Å². The zero-order valence-corrected chi connectivity index (χ0v) is 15.0. The number of aryl methyl sites for hydroxylation is 1. The van der Waals surface area contributed by atoms with Gasteiger partial charge in [-0.05, 0) is 42.8 Å². The largest absolute Gasteiger partial charge is 0.396 e. The molecule has 1 aliphatic carbocycles. The van der Waals surface area contributed by atoms with Crippen molar-refractivity contribution in [1.82, 2.24) is 9.55 Å². The van der Waals surface area contributed by atoms with Crippen molar-refractivity contribution in [2.75, 3.05) is 5.73 Å². The van der Waals surface area contributed by atoms with Crippen molar-refractivity contribution in [3.63, 3.8) is 0 Å². The molecule has 0 saturated heterocycles. The van der Waals surface area contributed by atoms with Gasteiger partial charge in [0.25, 0.3) is 0 Å². The maximum absolute atomic E-state index is 9.09. The van der Waals surface area contributed by atoms with Crippen molar-refractivity contribution in [1.29, 1.82) is 5.26 Å². The summed E-state index contributed by atoms with van der Waals surface area (Å²) < 4.78 is 2.21. The Balaban J connectivity index is 1.97. The summed E-state index contributed by atoms with van der Waals surface area (Å²) >= 11 is 6.44. The van der Waals surface area contributed by atoms with Gasteiger partial charge in [-0.1, -0.05) is 11.6 Å². The maximum atomic E-state index is 9.09. The third kappa shape index (κ3) is 2.41. The number of pyridine rings is 1. The summed E-state index contributed by atoms with van der Waals surface area (Å²) in [6.07, 6.45) is 6.97. The van der Waals surface area contributed by atoms with Gasteiger partial charge < -0.3 is 10.3 Å². The molecule has 4 rings (SSSR count). The van der Waals surface area contributed by atoms with Crippen molar-refractivity contribution >= 4 is 33.9 Å². The number of nitriles is 1. The second kappa shape index (κ2) is 6.05. The van der Waals surface area contributed by atoms with E-state index in [4.69, 9.17) is 29.2 Å². The molecule has 2 N–H and O–H groups in total. The van der Waals surface area contributed by atoms with Crippen LogP contribution in [0.3, 0.4) is 0 Å². The lowest BCUT2D eigenvalue weighted by molar-refractivity contribution is 0.254. The number of aromatic nitrogens is 2. The zero-order valence-electron chi connectivity index (χ0n) is 14.2. The molecule has 26 heavy (non-hydrogen) atoms. The highest BCUT2D eigenvalue weighted by molar-refractivity contribution is 6.36. The van der Waals surface area contributed by atoms with Crippen molar-refractivity contribution in [2.45, 2.75) is 25.8 Å². The summed E-state index contributed by atoms with van der Waals surface area (Å²) in [7, 11) is 0. The normalized spacial score (nSPS) is 18.9. The van der Waals surface area contributed by atoms with E-state index in [-0.39, 0.29) is 12.0 Å². The van der Waals surface area contributed by atoms with Crippen LogP contribution in [0.2, 0.25) is 5.02 Å². The molecule has 1 fully saturated rings. The Morgan fingerprint density at radius 2 is 2.12 bits per heavy atom.